The summed E-state index contributed by atoms with van der Waals surface area (Å²) < 4.78 is 5.57. The Labute approximate surface area is 96.5 Å². The van der Waals surface area contributed by atoms with Crippen molar-refractivity contribution in [3.8, 4) is 0 Å². The van der Waals surface area contributed by atoms with E-state index in [1.54, 1.807) is 0 Å². The molecule has 1 N–H and O–H groups in total. The van der Waals surface area contributed by atoms with Crippen LogP contribution in [0.2, 0.25) is 0 Å². The summed E-state index contributed by atoms with van der Waals surface area (Å²) in [7, 11) is 0. The number of carbonyl (C=O) groups excluding carboxylic acids is 1. The maximum atomic E-state index is 11.7. The van der Waals surface area contributed by atoms with Gasteiger partial charge in [-0.15, -0.1) is 11.6 Å². The molecule has 0 aromatic heterocycles. The molecular weight excluding hydrogens is 214 g/mol. The summed E-state index contributed by atoms with van der Waals surface area (Å²) in [6.45, 7) is 7.82. The minimum absolute atomic E-state index is 0.135. The molecule has 3 nitrogen and oxygen atoms in total. The molecule has 0 radical (unpaired) electrons. The Morgan fingerprint density at radius 2 is 2.07 bits per heavy atom. The number of hydrogen-bond acceptors (Lipinski definition) is 2. The first-order chi connectivity index (χ1) is 6.79. The van der Waals surface area contributed by atoms with E-state index in [4.69, 9.17) is 16.3 Å². The number of carbonyl (C=O) groups is 1. The van der Waals surface area contributed by atoms with Crippen molar-refractivity contribution in [1.29, 1.82) is 0 Å². The standard InChI is InChI=1S/C11H20ClNO2/c1-7-5-6-8(15-7)9(12)10(14)13-11(2,3)4/h7-9H,5-6H2,1-4H3,(H,13,14). The number of alkyl halides is 1. The van der Waals surface area contributed by atoms with Gasteiger partial charge in [0.05, 0.1) is 12.2 Å². The van der Waals surface area contributed by atoms with Crippen molar-refractivity contribution in [2.75, 3.05) is 0 Å². The summed E-state index contributed by atoms with van der Waals surface area (Å²) >= 11 is 6.07. The van der Waals surface area contributed by atoms with Crippen molar-refractivity contribution in [1.82, 2.24) is 5.32 Å². The molecule has 0 saturated carbocycles. The number of amides is 1. The first-order valence-electron chi connectivity index (χ1n) is 5.41. The SMILES string of the molecule is CC1CCC(C(Cl)C(=O)NC(C)(C)C)O1. The predicted octanol–water partition coefficient (Wildman–Crippen LogP) is 2.08. The first kappa shape index (κ1) is 12.8. The number of ether oxygens (including phenoxy) is 1. The highest BCUT2D eigenvalue weighted by Gasteiger charge is 2.33. The van der Waals surface area contributed by atoms with Gasteiger partial charge in [0.1, 0.15) is 5.38 Å². The van der Waals surface area contributed by atoms with Crippen LogP contribution in [-0.2, 0) is 9.53 Å². The highest BCUT2D eigenvalue weighted by Crippen LogP contribution is 2.24. The van der Waals surface area contributed by atoms with Crippen molar-refractivity contribution < 1.29 is 9.53 Å². The number of nitrogens with one attached hydrogen (secondary N) is 1. The quantitative estimate of drug-likeness (QED) is 0.742. The van der Waals surface area contributed by atoms with E-state index < -0.39 is 5.38 Å². The van der Waals surface area contributed by atoms with E-state index in [2.05, 4.69) is 5.32 Å². The second-order valence-electron chi connectivity index (χ2n) is 5.20. The maximum absolute atomic E-state index is 11.7. The fourth-order valence-electron chi connectivity index (χ4n) is 1.66. The molecule has 1 fully saturated rings. The molecule has 1 rings (SSSR count). The molecule has 1 heterocycles. The molecule has 15 heavy (non-hydrogen) atoms. The van der Waals surface area contributed by atoms with Gasteiger partial charge >= 0.3 is 0 Å². The first-order valence-corrected chi connectivity index (χ1v) is 5.85. The molecule has 0 aromatic carbocycles. The van der Waals surface area contributed by atoms with Crippen molar-refractivity contribution >= 4 is 17.5 Å². The lowest BCUT2D eigenvalue weighted by Gasteiger charge is -2.24. The van der Waals surface area contributed by atoms with Gasteiger partial charge in [-0.1, -0.05) is 0 Å². The van der Waals surface area contributed by atoms with E-state index in [1.807, 2.05) is 27.7 Å². The van der Waals surface area contributed by atoms with Gasteiger partial charge in [-0.2, -0.15) is 0 Å². The summed E-state index contributed by atoms with van der Waals surface area (Å²) in [6.07, 6.45) is 1.94. The number of hydrogen-bond donors (Lipinski definition) is 1. The topological polar surface area (TPSA) is 38.3 Å². The smallest absolute Gasteiger partial charge is 0.241 e. The molecule has 1 aliphatic heterocycles. The summed E-state index contributed by atoms with van der Waals surface area (Å²) in [5.41, 5.74) is -0.242. The van der Waals surface area contributed by atoms with Gasteiger partial charge < -0.3 is 10.1 Å². The molecule has 0 aromatic rings. The average molecular weight is 234 g/mol. The Balaban J connectivity index is 2.46. The van der Waals surface area contributed by atoms with Crippen LogP contribution in [-0.4, -0.2) is 29.0 Å². The Morgan fingerprint density at radius 3 is 2.47 bits per heavy atom. The van der Waals surface area contributed by atoms with E-state index in [0.29, 0.717) is 0 Å². The van der Waals surface area contributed by atoms with Gasteiger partial charge in [-0.05, 0) is 40.5 Å². The molecule has 1 amide bonds. The Hall–Kier alpha value is -0.280. The maximum Gasteiger partial charge on any atom is 0.241 e. The Morgan fingerprint density at radius 1 is 1.47 bits per heavy atom. The Kier molecular flexibility index (Phi) is 4.01. The van der Waals surface area contributed by atoms with Crippen LogP contribution in [0.15, 0.2) is 0 Å². The highest BCUT2D eigenvalue weighted by molar-refractivity contribution is 6.31. The van der Waals surface area contributed by atoms with Crippen LogP contribution in [0.1, 0.15) is 40.5 Å². The van der Waals surface area contributed by atoms with Gasteiger partial charge in [-0.25, -0.2) is 0 Å². The van der Waals surface area contributed by atoms with E-state index in [1.165, 1.54) is 0 Å². The average Bonchev–Trinajstić information content (AvgIpc) is 2.47. The molecule has 4 heteroatoms. The minimum atomic E-state index is -0.575. The number of rotatable bonds is 2. The summed E-state index contributed by atoms with van der Waals surface area (Å²) in [6, 6.07) is 0. The molecule has 0 aliphatic carbocycles. The Bertz CT molecular complexity index is 237. The summed E-state index contributed by atoms with van der Waals surface area (Å²) in [5.74, 6) is -0.136. The minimum Gasteiger partial charge on any atom is -0.373 e. The number of halogens is 1. The molecule has 0 spiro atoms. The molecule has 1 saturated heterocycles. The fourth-order valence-corrected chi connectivity index (χ4v) is 1.90. The monoisotopic (exact) mass is 233 g/mol. The lowest BCUT2D eigenvalue weighted by Crippen LogP contribution is -2.47. The normalized spacial score (nSPS) is 28.9. The van der Waals surface area contributed by atoms with Crippen molar-refractivity contribution in [2.24, 2.45) is 0 Å². The van der Waals surface area contributed by atoms with E-state index >= 15 is 0 Å². The second-order valence-corrected chi connectivity index (χ2v) is 5.67. The van der Waals surface area contributed by atoms with Crippen LogP contribution in [0, 0.1) is 0 Å². The van der Waals surface area contributed by atoms with Crippen molar-refractivity contribution in [3.05, 3.63) is 0 Å². The molecule has 1 aliphatic rings. The lowest BCUT2D eigenvalue weighted by atomic mass is 10.1. The van der Waals surface area contributed by atoms with E-state index in [9.17, 15) is 4.79 Å². The summed E-state index contributed by atoms with van der Waals surface area (Å²) in [4.78, 5) is 11.7. The van der Waals surface area contributed by atoms with Gasteiger partial charge in [0.2, 0.25) is 5.91 Å². The highest BCUT2D eigenvalue weighted by atomic mass is 35.5. The van der Waals surface area contributed by atoms with E-state index in [0.717, 1.165) is 12.8 Å². The van der Waals surface area contributed by atoms with Crippen LogP contribution in [0.25, 0.3) is 0 Å². The van der Waals surface area contributed by atoms with Crippen molar-refractivity contribution in [2.45, 2.75) is 63.7 Å². The largest absolute Gasteiger partial charge is 0.373 e. The molecule has 3 unspecified atom stereocenters. The van der Waals surface area contributed by atoms with Crippen LogP contribution in [0.4, 0.5) is 0 Å². The fraction of sp³-hybridized carbons (Fsp3) is 0.909. The van der Waals surface area contributed by atoms with Gasteiger partial charge in [0.15, 0.2) is 0 Å². The van der Waals surface area contributed by atoms with Gasteiger partial charge in [-0.3, -0.25) is 4.79 Å². The molecule has 88 valence electrons. The van der Waals surface area contributed by atoms with Crippen LogP contribution >= 0.6 is 11.6 Å². The predicted molar refractivity (Wildman–Crippen MR) is 61.1 cm³/mol. The molecular formula is C11H20ClNO2. The molecule has 3 atom stereocenters. The second kappa shape index (κ2) is 4.71. The van der Waals surface area contributed by atoms with Crippen molar-refractivity contribution in [3.63, 3.8) is 0 Å². The molecule has 0 bridgehead atoms. The zero-order chi connectivity index (χ0) is 11.6. The van der Waals surface area contributed by atoms with Gasteiger partial charge in [0, 0.05) is 5.54 Å². The third-order valence-electron chi connectivity index (χ3n) is 2.34. The van der Waals surface area contributed by atoms with Crippen LogP contribution in [0.5, 0.6) is 0 Å². The third-order valence-corrected chi connectivity index (χ3v) is 2.82. The lowest BCUT2D eigenvalue weighted by molar-refractivity contribution is -0.124. The van der Waals surface area contributed by atoms with Gasteiger partial charge in [0.25, 0.3) is 0 Å². The zero-order valence-corrected chi connectivity index (χ0v) is 10.6. The third kappa shape index (κ3) is 3.99. The van der Waals surface area contributed by atoms with Crippen LogP contribution < -0.4 is 5.32 Å². The van der Waals surface area contributed by atoms with Crippen LogP contribution in [0.3, 0.4) is 0 Å². The zero-order valence-electron chi connectivity index (χ0n) is 9.84. The summed E-state index contributed by atoms with van der Waals surface area (Å²) in [5, 5.41) is 2.28. The van der Waals surface area contributed by atoms with E-state index in [-0.39, 0.29) is 23.7 Å².